The average Bonchev–Trinajstić information content (AvgIpc) is 2.83. The Balaban J connectivity index is 0.00000272. The fraction of sp³-hybridized carbons (Fsp3) is 0.115. The lowest BCUT2D eigenvalue weighted by atomic mass is 10.0. The highest BCUT2D eigenvalue weighted by Crippen LogP contribution is 2.27. The predicted octanol–water partition coefficient (Wildman–Crippen LogP) is 5.79. The summed E-state index contributed by atoms with van der Waals surface area (Å²) in [5.74, 6) is 1.39. The Labute approximate surface area is 189 Å². The highest BCUT2D eigenvalue weighted by Gasteiger charge is 2.06. The number of rotatable bonds is 8. The second-order valence-corrected chi connectivity index (χ2v) is 7.00. The summed E-state index contributed by atoms with van der Waals surface area (Å²) in [5, 5.41) is 0. The fourth-order valence-corrected chi connectivity index (χ4v) is 3.14. The van der Waals surface area contributed by atoms with Gasteiger partial charge in [0.1, 0.15) is 19.0 Å². The van der Waals surface area contributed by atoms with Crippen molar-refractivity contribution in [2.45, 2.75) is 19.8 Å². The summed E-state index contributed by atoms with van der Waals surface area (Å²) in [6.07, 6.45) is 1.82. The molecule has 0 atom stereocenters. The lowest BCUT2D eigenvalue weighted by Crippen LogP contribution is -2.00. The molecule has 0 aliphatic heterocycles. The third-order valence-corrected chi connectivity index (χ3v) is 4.75. The van der Waals surface area contributed by atoms with Crippen LogP contribution in [0, 0.1) is 0 Å². The second-order valence-electron chi connectivity index (χ2n) is 7.00. The Morgan fingerprint density at radius 2 is 1.29 bits per heavy atom. The molecule has 158 valence electrons. The maximum atomic E-state index is 6.01. The van der Waals surface area contributed by atoms with E-state index in [-0.39, 0.29) is 12.4 Å². The molecule has 1 heterocycles. The van der Waals surface area contributed by atoms with Crippen LogP contribution < -0.4 is 15.2 Å². The van der Waals surface area contributed by atoms with Crippen LogP contribution in [-0.4, -0.2) is 4.98 Å². The van der Waals surface area contributed by atoms with E-state index in [9.17, 15) is 0 Å². The van der Waals surface area contributed by atoms with Gasteiger partial charge in [0.2, 0.25) is 5.88 Å². The summed E-state index contributed by atoms with van der Waals surface area (Å²) < 4.78 is 11.8. The summed E-state index contributed by atoms with van der Waals surface area (Å²) >= 11 is 0. The molecule has 0 amide bonds. The zero-order valence-corrected chi connectivity index (χ0v) is 17.9. The van der Waals surface area contributed by atoms with Crippen molar-refractivity contribution in [3.63, 3.8) is 0 Å². The van der Waals surface area contributed by atoms with Crippen LogP contribution in [0.5, 0.6) is 11.6 Å². The average molecular weight is 433 g/mol. The zero-order chi connectivity index (χ0) is 20.6. The number of benzene rings is 3. The summed E-state index contributed by atoms with van der Waals surface area (Å²) in [6.45, 7) is 1.45. The highest BCUT2D eigenvalue weighted by atomic mass is 35.5. The molecule has 5 heteroatoms. The summed E-state index contributed by atoms with van der Waals surface area (Å²) in [6, 6.07) is 30.1. The van der Waals surface area contributed by atoms with Crippen molar-refractivity contribution in [2.75, 3.05) is 0 Å². The molecule has 0 aliphatic carbocycles. The van der Waals surface area contributed by atoms with Gasteiger partial charge in [-0.2, -0.15) is 0 Å². The lowest BCUT2D eigenvalue weighted by Gasteiger charge is -2.11. The molecular formula is C26H25ClN2O2. The molecule has 0 aliphatic rings. The molecular weight excluding hydrogens is 408 g/mol. The molecule has 0 fully saturated rings. The van der Waals surface area contributed by atoms with Gasteiger partial charge in [-0.05, 0) is 46.5 Å². The summed E-state index contributed by atoms with van der Waals surface area (Å²) in [7, 11) is 0. The normalized spacial score (nSPS) is 10.2. The number of ether oxygens (including phenoxy) is 2. The van der Waals surface area contributed by atoms with E-state index in [1.807, 2.05) is 91.1 Å². The van der Waals surface area contributed by atoms with E-state index >= 15 is 0 Å². The van der Waals surface area contributed by atoms with Crippen molar-refractivity contribution in [1.82, 2.24) is 4.98 Å². The van der Waals surface area contributed by atoms with E-state index in [1.54, 1.807) is 0 Å². The molecule has 4 aromatic rings. The van der Waals surface area contributed by atoms with Crippen molar-refractivity contribution in [3.05, 3.63) is 114 Å². The molecule has 2 N–H and O–H groups in total. The van der Waals surface area contributed by atoms with Gasteiger partial charge in [-0.25, -0.2) is 4.98 Å². The first-order valence-electron chi connectivity index (χ1n) is 9.94. The Bertz CT molecular complexity index is 1070. The Morgan fingerprint density at radius 3 is 1.87 bits per heavy atom. The van der Waals surface area contributed by atoms with Gasteiger partial charge in [-0.15, -0.1) is 12.4 Å². The first kappa shape index (κ1) is 22.3. The molecule has 0 radical (unpaired) electrons. The smallest absolute Gasteiger partial charge is 0.213 e. The monoisotopic (exact) mass is 432 g/mol. The molecule has 0 unspecified atom stereocenters. The second kappa shape index (κ2) is 11.2. The maximum Gasteiger partial charge on any atom is 0.213 e. The van der Waals surface area contributed by atoms with E-state index in [2.05, 4.69) is 11.1 Å². The van der Waals surface area contributed by atoms with Crippen molar-refractivity contribution >= 4 is 12.4 Å². The molecule has 0 saturated heterocycles. The molecule has 31 heavy (non-hydrogen) atoms. The Kier molecular flexibility index (Phi) is 8.05. The minimum Gasteiger partial charge on any atom is -0.489 e. The molecule has 1 aromatic heterocycles. The maximum absolute atomic E-state index is 6.01. The van der Waals surface area contributed by atoms with Crippen molar-refractivity contribution in [1.29, 1.82) is 0 Å². The molecule has 3 aromatic carbocycles. The van der Waals surface area contributed by atoms with Crippen LogP contribution in [0.25, 0.3) is 11.1 Å². The molecule has 0 spiro atoms. The van der Waals surface area contributed by atoms with Gasteiger partial charge in [0.25, 0.3) is 0 Å². The van der Waals surface area contributed by atoms with Crippen molar-refractivity contribution in [3.8, 4) is 22.8 Å². The van der Waals surface area contributed by atoms with Crippen LogP contribution in [0.15, 0.2) is 97.2 Å². The van der Waals surface area contributed by atoms with Crippen LogP contribution >= 0.6 is 12.4 Å². The third-order valence-electron chi connectivity index (χ3n) is 4.75. The predicted molar refractivity (Wildman–Crippen MR) is 126 cm³/mol. The lowest BCUT2D eigenvalue weighted by molar-refractivity contribution is 0.294. The van der Waals surface area contributed by atoms with Gasteiger partial charge in [0.05, 0.1) is 0 Å². The van der Waals surface area contributed by atoms with Gasteiger partial charge in [0.15, 0.2) is 0 Å². The van der Waals surface area contributed by atoms with E-state index in [1.165, 1.54) is 0 Å². The largest absolute Gasteiger partial charge is 0.489 e. The van der Waals surface area contributed by atoms with Crippen molar-refractivity contribution < 1.29 is 9.47 Å². The topological polar surface area (TPSA) is 57.4 Å². The van der Waals surface area contributed by atoms with Crippen LogP contribution in [0.3, 0.4) is 0 Å². The molecule has 0 saturated carbocycles. The van der Waals surface area contributed by atoms with Gasteiger partial charge in [-0.1, -0.05) is 60.7 Å². The molecule has 0 bridgehead atoms. The number of pyridine rings is 1. The Morgan fingerprint density at radius 1 is 0.645 bits per heavy atom. The minimum atomic E-state index is 0. The van der Waals surface area contributed by atoms with E-state index < -0.39 is 0 Å². The van der Waals surface area contributed by atoms with Crippen LogP contribution in [-0.2, 0) is 19.8 Å². The standard InChI is InChI=1S/C26H24N2O2.ClH/c27-16-22-13-24(15-25(14-22)29-18-20-7-3-1-4-8-20)23-11-12-26(28-17-23)30-19-21-9-5-2-6-10-21;/h1-15,17H,16,18-19,27H2;1H. The summed E-state index contributed by atoms with van der Waals surface area (Å²) in [4.78, 5) is 4.45. The van der Waals surface area contributed by atoms with E-state index in [0.29, 0.717) is 25.6 Å². The van der Waals surface area contributed by atoms with Crippen LogP contribution in [0.4, 0.5) is 0 Å². The molecule has 4 nitrogen and oxygen atoms in total. The number of nitrogens with zero attached hydrogens (tertiary/aromatic N) is 1. The van der Waals surface area contributed by atoms with Gasteiger partial charge < -0.3 is 15.2 Å². The Hall–Kier alpha value is -3.34. The first-order chi connectivity index (χ1) is 14.8. The highest BCUT2D eigenvalue weighted by molar-refractivity contribution is 5.85. The van der Waals surface area contributed by atoms with Crippen LogP contribution in [0.1, 0.15) is 16.7 Å². The SMILES string of the molecule is Cl.NCc1cc(OCc2ccccc2)cc(-c2ccc(OCc3ccccc3)nc2)c1. The number of nitrogens with two attached hydrogens (primary N) is 1. The number of hydrogen-bond donors (Lipinski definition) is 1. The third kappa shape index (κ3) is 6.32. The fourth-order valence-electron chi connectivity index (χ4n) is 3.14. The quantitative estimate of drug-likeness (QED) is 0.383. The van der Waals surface area contributed by atoms with Gasteiger partial charge in [0, 0.05) is 24.4 Å². The van der Waals surface area contributed by atoms with Crippen molar-refractivity contribution in [2.24, 2.45) is 5.73 Å². The number of halogens is 1. The zero-order valence-electron chi connectivity index (χ0n) is 17.1. The molecule has 4 rings (SSSR count). The number of aromatic nitrogens is 1. The van der Waals surface area contributed by atoms with Gasteiger partial charge >= 0.3 is 0 Å². The van der Waals surface area contributed by atoms with E-state index in [4.69, 9.17) is 15.2 Å². The number of hydrogen-bond acceptors (Lipinski definition) is 4. The summed E-state index contributed by atoms with van der Waals surface area (Å²) in [5.41, 5.74) is 11.2. The first-order valence-corrected chi connectivity index (χ1v) is 9.94. The van der Waals surface area contributed by atoms with E-state index in [0.717, 1.165) is 33.6 Å². The van der Waals surface area contributed by atoms with Gasteiger partial charge in [-0.3, -0.25) is 0 Å². The minimum absolute atomic E-state index is 0. The van der Waals surface area contributed by atoms with Crippen LogP contribution in [0.2, 0.25) is 0 Å².